The normalized spacial score (nSPS) is 15.5. The first kappa shape index (κ1) is 19.8. The summed E-state index contributed by atoms with van der Waals surface area (Å²) in [6.45, 7) is 0.854. The van der Waals surface area contributed by atoms with Crippen LogP contribution in [-0.2, 0) is 6.42 Å². The Morgan fingerprint density at radius 1 is 1.20 bits per heavy atom. The number of benzene rings is 1. The van der Waals surface area contributed by atoms with Gasteiger partial charge in [-0.2, -0.15) is 5.10 Å². The average Bonchev–Trinajstić information content (AvgIpc) is 3.11. The molecule has 1 aliphatic rings. The minimum atomic E-state index is 0. The second-order valence-electron chi connectivity index (χ2n) is 6.36. The summed E-state index contributed by atoms with van der Waals surface area (Å²) in [5.41, 5.74) is 2.31. The van der Waals surface area contributed by atoms with Gasteiger partial charge < -0.3 is 10.6 Å². The van der Waals surface area contributed by atoms with Gasteiger partial charge in [-0.05, 0) is 37.0 Å². The lowest BCUT2D eigenvalue weighted by Gasteiger charge is -2.24. The van der Waals surface area contributed by atoms with Gasteiger partial charge in [0.25, 0.3) is 0 Å². The van der Waals surface area contributed by atoms with Gasteiger partial charge in [0.2, 0.25) is 0 Å². The van der Waals surface area contributed by atoms with Crippen LogP contribution in [0.2, 0.25) is 0 Å². The van der Waals surface area contributed by atoms with Gasteiger partial charge in [-0.15, -0.1) is 24.0 Å². The molecule has 25 heavy (non-hydrogen) atoms. The van der Waals surface area contributed by atoms with Crippen molar-refractivity contribution in [2.75, 3.05) is 13.6 Å². The second kappa shape index (κ2) is 10.4. The lowest BCUT2D eigenvalue weighted by atomic mass is 9.96. The standard InChI is InChI=1S/C19H27N5.HI/c1-20-19(23-17-8-4-2-5-9-17)21-13-12-16-14-22-24(15-16)18-10-6-3-7-11-18;/h3,6-7,10-11,14-15,17H,2,4-5,8-9,12-13H2,1H3,(H2,20,21,23);1H. The maximum absolute atomic E-state index is 4.44. The summed E-state index contributed by atoms with van der Waals surface area (Å²) in [6.07, 6.45) is 11.5. The molecule has 0 saturated heterocycles. The molecule has 2 aromatic rings. The van der Waals surface area contributed by atoms with Crippen LogP contribution in [0.5, 0.6) is 0 Å². The van der Waals surface area contributed by atoms with Crippen molar-refractivity contribution in [1.29, 1.82) is 0 Å². The molecule has 1 saturated carbocycles. The van der Waals surface area contributed by atoms with Crippen LogP contribution in [0.3, 0.4) is 0 Å². The van der Waals surface area contributed by atoms with E-state index in [2.05, 4.69) is 39.1 Å². The molecule has 1 heterocycles. The van der Waals surface area contributed by atoms with Gasteiger partial charge in [0.1, 0.15) is 0 Å². The lowest BCUT2D eigenvalue weighted by molar-refractivity contribution is 0.410. The molecule has 0 spiro atoms. The molecule has 0 unspecified atom stereocenters. The molecule has 6 heteroatoms. The molecule has 0 aliphatic heterocycles. The highest BCUT2D eigenvalue weighted by Crippen LogP contribution is 2.17. The van der Waals surface area contributed by atoms with Crippen LogP contribution in [0, 0.1) is 0 Å². The van der Waals surface area contributed by atoms with Gasteiger partial charge >= 0.3 is 0 Å². The number of nitrogens with one attached hydrogen (secondary N) is 2. The molecule has 0 radical (unpaired) electrons. The summed E-state index contributed by atoms with van der Waals surface area (Å²) in [7, 11) is 1.84. The van der Waals surface area contributed by atoms with Crippen LogP contribution in [0.15, 0.2) is 47.7 Å². The van der Waals surface area contributed by atoms with E-state index in [9.17, 15) is 0 Å². The molecular formula is C19H28IN5. The fourth-order valence-electron chi connectivity index (χ4n) is 3.17. The van der Waals surface area contributed by atoms with Crippen molar-refractivity contribution in [3.8, 4) is 5.69 Å². The first-order valence-electron chi connectivity index (χ1n) is 8.91. The van der Waals surface area contributed by atoms with Gasteiger partial charge in [0, 0.05) is 25.8 Å². The first-order valence-corrected chi connectivity index (χ1v) is 8.91. The van der Waals surface area contributed by atoms with Crippen molar-refractivity contribution in [3.05, 3.63) is 48.3 Å². The van der Waals surface area contributed by atoms with Crippen molar-refractivity contribution in [2.45, 2.75) is 44.6 Å². The Labute approximate surface area is 167 Å². The lowest BCUT2D eigenvalue weighted by Crippen LogP contribution is -2.44. The smallest absolute Gasteiger partial charge is 0.191 e. The fourth-order valence-corrected chi connectivity index (χ4v) is 3.17. The molecule has 136 valence electrons. The van der Waals surface area contributed by atoms with E-state index in [1.54, 1.807) is 0 Å². The molecular weight excluding hydrogens is 425 g/mol. The third-order valence-corrected chi connectivity index (χ3v) is 4.53. The van der Waals surface area contributed by atoms with Crippen LogP contribution in [0.1, 0.15) is 37.7 Å². The first-order chi connectivity index (χ1) is 11.8. The molecule has 1 aromatic heterocycles. The van der Waals surface area contributed by atoms with Crippen LogP contribution >= 0.6 is 24.0 Å². The minimum absolute atomic E-state index is 0. The summed E-state index contributed by atoms with van der Waals surface area (Å²) in [6, 6.07) is 10.8. The minimum Gasteiger partial charge on any atom is -0.356 e. The maximum atomic E-state index is 4.44. The van der Waals surface area contributed by atoms with Crippen molar-refractivity contribution in [1.82, 2.24) is 20.4 Å². The van der Waals surface area contributed by atoms with Crippen LogP contribution in [-0.4, -0.2) is 35.4 Å². The van der Waals surface area contributed by atoms with Crippen molar-refractivity contribution >= 4 is 29.9 Å². The van der Waals surface area contributed by atoms with Crippen molar-refractivity contribution < 1.29 is 0 Å². The highest BCUT2D eigenvalue weighted by molar-refractivity contribution is 14.0. The number of hydrogen-bond acceptors (Lipinski definition) is 2. The summed E-state index contributed by atoms with van der Waals surface area (Å²) < 4.78 is 1.92. The number of para-hydroxylation sites is 1. The Morgan fingerprint density at radius 2 is 1.96 bits per heavy atom. The SMILES string of the molecule is CN=C(NCCc1cnn(-c2ccccc2)c1)NC1CCCCC1.I. The molecule has 5 nitrogen and oxygen atoms in total. The Balaban J connectivity index is 0.00000225. The van der Waals surface area contributed by atoms with Gasteiger partial charge in [0.15, 0.2) is 5.96 Å². The average molecular weight is 453 g/mol. The summed E-state index contributed by atoms with van der Waals surface area (Å²) >= 11 is 0. The molecule has 1 aliphatic carbocycles. The summed E-state index contributed by atoms with van der Waals surface area (Å²) in [5.74, 6) is 0.914. The van der Waals surface area contributed by atoms with Gasteiger partial charge in [-0.1, -0.05) is 37.5 Å². The van der Waals surface area contributed by atoms with Crippen molar-refractivity contribution in [2.24, 2.45) is 4.99 Å². The number of nitrogens with zero attached hydrogens (tertiary/aromatic N) is 3. The zero-order valence-corrected chi connectivity index (χ0v) is 17.1. The number of guanidine groups is 1. The number of halogens is 1. The van der Waals surface area contributed by atoms with E-state index in [-0.39, 0.29) is 24.0 Å². The van der Waals surface area contributed by atoms with E-state index in [0.29, 0.717) is 6.04 Å². The van der Waals surface area contributed by atoms with Crippen LogP contribution in [0.4, 0.5) is 0 Å². The predicted molar refractivity (Wildman–Crippen MR) is 114 cm³/mol. The highest BCUT2D eigenvalue weighted by Gasteiger charge is 2.14. The van der Waals surface area contributed by atoms with Crippen LogP contribution in [0.25, 0.3) is 5.69 Å². The number of hydrogen-bond donors (Lipinski definition) is 2. The van der Waals surface area contributed by atoms with E-state index in [1.807, 2.05) is 36.1 Å². The van der Waals surface area contributed by atoms with Gasteiger partial charge in [0.05, 0.1) is 11.9 Å². The number of aliphatic imine (C=N–C) groups is 1. The number of aromatic nitrogens is 2. The quantitative estimate of drug-likeness (QED) is 0.414. The molecule has 1 fully saturated rings. The predicted octanol–water partition coefficient (Wildman–Crippen LogP) is 3.53. The highest BCUT2D eigenvalue weighted by atomic mass is 127. The maximum Gasteiger partial charge on any atom is 0.191 e. The number of rotatable bonds is 5. The fraction of sp³-hybridized carbons (Fsp3) is 0.474. The topological polar surface area (TPSA) is 54.2 Å². The third-order valence-electron chi connectivity index (χ3n) is 4.53. The zero-order valence-electron chi connectivity index (χ0n) is 14.8. The molecule has 0 amide bonds. The zero-order chi connectivity index (χ0) is 16.6. The van der Waals surface area contributed by atoms with E-state index in [1.165, 1.54) is 37.7 Å². The van der Waals surface area contributed by atoms with E-state index < -0.39 is 0 Å². The molecule has 0 bridgehead atoms. The van der Waals surface area contributed by atoms with Crippen molar-refractivity contribution in [3.63, 3.8) is 0 Å². The van der Waals surface area contributed by atoms with Crippen LogP contribution < -0.4 is 10.6 Å². The largest absolute Gasteiger partial charge is 0.356 e. The molecule has 2 N–H and O–H groups in total. The Bertz CT molecular complexity index is 647. The van der Waals surface area contributed by atoms with E-state index >= 15 is 0 Å². The summed E-state index contributed by atoms with van der Waals surface area (Å²) in [5, 5.41) is 11.4. The van der Waals surface area contributed by atoms with Gasteiger partial charge in [-0.25, -0.2) is 4.68 Å². The monoisotopic (exact) mass is 453 g/mol. The Kier molecular flexibility index (Phi) is 8.24. The Hall–Kier alpha value is -1.57. The second-order valence-corrected chi connectivity index (χ2v) is 6.36. The van der Waals surface area contributed by atoms with E-state index in [0.717, 1.165) is 24.6 Å². The molecule has 3 rings (SSSR count). The molecule has 0 atom stereocenters. The Morgan fingerprint density at radius 3 is 2.68 bits per heavy atom. The molecule has 1 aromatic carbocycles. The third kappa shape index (κ3) is 6.02. The summed E-state index contributed by atoms with van der Waals surface area (Å²) in [4.78, 5) is 4.34. The van der Waals surface area contributed by atoms with Gasteiger partial charge in [-0.3, -0.25) is 4.99 Å². The van der Waals surface area contributed by atoms with E-state index in [4.69, 9.17) is 0 Å².